The number of piperazine rings is 1. The topological polar surface area (TPSA) is 143 Å². The Balaban J connectivity index is 1.41. The van der Waals surface area contributed by atoms with Gasteiger partial charge in [-0.1, -0.05) is 11.6 Å². The van der Waals surface area contributed by atoms with E-state index in [2.05, 4.69) is 9.97 Å². The van der Waals surface area contributed by atoms with Crippen LogP contribution < -0.4 is 0 Å². The van der Waals surface area contributed by atoms with Crippen LogP contribution in [0.25, 0.3) is 10.9 Å². The number of H-pyrrole nitrogens is 1. The zero-order chi connectivity index (χ0) is 26.5. The number of hydroxylamine groups is 2. The average Bonchev–Trinajstić information content (AvgIpc) is 3.47. The maximum Gasteiger partial charge on any atom is 0.310 e. The molecule has 12 nitrogen and oxygen atoms in total. The molecule has 4 heterocycles. The summed E-state index contributed by atoms with van der Waals surface area (Å²) in [5.41, 5.74) is 1.24. The van der Waals surface area contributed by atoms with Crippen molar-refractivity contribution in [3.8, 4) is 0 Å². The molecule has 0 radical (unpaired) electrons. The summed E-state index contributed by atoms with van der Waals surface area (Å²) in [4.78, 5) is 36.1. The van der Waals surface area contributed by atoms with E-state index in [1.165, 1.54) is 20.2 Å². The lowest BCUT2D eigenvalue weighted by atomic mass is 10.1. The number of hydrogen-bond acceptors (Lipinski definition) is 8. The highest BCUT2D eigenvalue weighted by molar-refractivity contribution is 7.89. The van der Waals surface area contributed by atoms with Gasteiger partial charge >= 0.3 is 5.91 Å². The third-order valence-corrected chi connectivity index (χ3v) is 8.71. The quantitative estimate of drug-likeness (QED) is 0.487. The zero-order valence-corrected chi connectivity index (χ0v) is 21.9. The van der Waals surface area contributed by atoms with E-state index in [-0.39, 0.29) is 49.4 Å². The molecule has 2 aliphatic heterocycles. The maximum atomic E-state index is 13.5. The number of benzene rings is 1. The molecule has 5 rings (SSSR count). The third kappa shape index (κ3) is 4.97. The van der Waals surface area contributed by atoms with Crippen molar-refractivity contribution in [1.82, 2.24) is 29.1 Å². The summed E-state index contributed by atoms with van der Waals surface area (Å²) < 4.78 is 34.0. The molecule has 1 aromatic carbocycles. The summed E-state index contributed by atoms with van der Waals surface area (Å²) >= 11 is 6.05. The van der Waals surface area contributed by atoms with E-state index in [1.54, 1.807) is 32.3 Å². The molecule has 0 bridgehead atoms. The summed E-state index contributed by atoms with van der Waals surface area (Å²) in [7, 11) is -0.746. The second-order valence-corrected chi connectivity index (χ2v) is 11.7. The monoisotopic (exact) mass is 550 g/mol. The van der Waals surface area contributed by atoms with Crippen molar-refractivity contribution in [2.75, 3.05) is 40.3 Å². The van der Waals surface area contributed by atoms with Gasteiger partial charge in [0.05, 0.1) is 18.3 Å². The lowest BCUT2D eigenvalue weighted by Gasteiger charge is -2.40. The molecular weight excluding hydrogens is 524 g/mol. The summed E-state index contributed by atoms with van der Waals surface area (Å²) in [6, 6.07) is 5.84. The van der Waals surface area contributed by atoms with Crippen molar-refractivity contribution in [2.24, 2.45) is 0 Å². The Labute approximate surface area is 218 Å². The standard InChI is InChI=1S/C23H27ClN6O6S/c1-27(2)21(31)11-16-12-29(37(34,35)20-10-14-9-15(24)3-4-17(14)25-20)7-8-30(16)23(32)22-26-18-5-6-28(33)13-19(18)36-22/h3-4,9-10,16,25,33H,5-8,11-13H2,1-2H3. The van der Waals surface area contributed by atoms with Crippen LogP contribution in [0.4, 0.5) is 0 Å². The largest absolute Gasteiger partial charge is 0.436 e. The van der Waals surface area contributed by atoms with E-state index in [9.17, 15) is 23.2 Å². The van der Waals surface area contributed by atoms with Crippen molar-refractivity contribution in [1.29, 1.82) is 0 Å². The Morgan fingerprint density at radius 2 is 2.03 bits per heavy atom. The summed E-state index contributed by atoms with van der Waals surface area (Å²) in [5, 5.41) is 12.0. The van der Waals surface area contributed by atoms with Gasteiger partial charge in [0.15, 0.2) is 0 Å². The molecule has 14 heteroatoms. The van der Waals surface area contributed by atoms with Crippen LogP contribution in [0, 0.1) is 0 Å². The molecule has 1 unspecified atom stereocenters. The molecule has 37 heavy (non-hydrogen) atoms. The van der Waals surface area contributed by atoms with Gasteiger partial charge in [-0.25, -0.2) is 13.4 Å². The Morgan fingerprint density at radius 1 is 1.24 bits per heavy atom. The first-order valence-electron chi connectivity index (χ1n) is 11.7. The van der Waals surface area contributed by atoms with E-state index in [4.69, 9.17) is 16.0 Å². The highest BCUT2D eigenvalue weighted by atomic mass is 35.5. The number of rotatable bonds is 5. The molecule has 1 atom stereocenters. The van der Waals surface area contributed by atoms with Crippen molar-refractivity contribution in [3.63, 3.8) is 0 Å². The van der Waals surface area contributed by atoms with Crippen LogP contribution >= 0.6 is 11.6 Å². The minimum Gasteiger partial charge on any atom is -0.436 e. The van der Waals surface area contributed by atoms with Gasteiger partial charge in [-0.3, -0.25) is 9.59 Å². The van der Waals surface area contributed by atoms with Gasteiger partial charge in [0.1, 0.15) is 10.8 Å². The molecule has 0 saturated carbocycles. The van der Waals surface area contributed by atoms with Gasteiger partial charge in [0.2, 0.25) is 5.91 Å². The van der Waals surface area contributed by atoms with Gasteiger partial charge in [-0.05, 0) is 24.3 Å². The molecule has 2 aromatic heterocycles. The van der Waals surface area contributed by atoms with E-state index in [1.807, 2.05) is 0 Å². The highest BCUT2D eigenvalue weighted by Crippen LogP contribution is 2.28. The van der Waals surface area contributed by atoms with Crippen LogP contribution in [-0.2, 0) is 27.8 Å². The van der Waals surface area contributed by atoms with E-state index in [0.29, 0.717) is 40.3 Å². The number of halogens is 1. The third-order valence-electron chi connectivity index (χ3n) is 6.69. The van der Waals surface area contributed by atoms with Crippen LogP contribution in [0.3, 0.4) is 0 Å². The fourth-order valence-electron chi connectivity index (χ4n) is 4.62. The summed E-state index contributed by atoms with van der Waals surface area (Å²) in [5.74, 6) is -0.484. The lowest BCUT2D eigenvalue weighted by Crippen LogP contribution is -2.57. The number of oxazole rings is 1. The number of fused-ring (bicyclic) bond motifs is 2. The molecule has 2 amide bonds. The van der Waals surface area contributed by atoms with Crippen LogP contribution in [-0.4, -0.2) is 101 Å². The Kier molecular flexibility index (Phi) is 6.75. The predicted octanol–water partition coefficient (Wildman–Crippen LogP) is 1.55. The number of aromatic amines is 1. The molecule has 2 aliphatic rings. The first kappa shape index (κ1) is 25.7. The maximum absolute atomic E-state index is 13.5. The van der Waals surface area contributed by atoms with Gasteiger partial charge in [0, 0.05) is 69.0 Å². The molecule has 198 valence electrons. The number of amides is 2. The summed E-state index contributed by atoms with van der Waals surface area (Å²) in [6.07, 6.45) is 0.366. The van der Waals surface area contributed by atoms with Crippen molar-refractivity contribution in [2.45, 2.75) is 30.5 Å². The van der Waals surface area contributed by atoms with Crippen molar-refractivity contribution in [3.05, 3.63) is 46.6 Å². The Bertz CT molecular complexity index is 1470. The van der Waals surface area contributed by atoms with Crippen molar-refractivity contribution < 1.29 is 27.6 Å². The SMILES string of the molecule is CN(C)C(=O)CC1CN(S(=O)(=O)c2cc3cc(Cl)ccc3[nH]2)CCN1C(=O)c1nc2c(o1)CN(O)CC2. The fourth-order valence-corrected chi connectivity index (χ4v) is 6.29. The smallest absolute Gasteiger partial charge is 0.310 e. The average molecular weight is 551 g/mol. The lowest BCUT2D eigenvalue weighted by molar-refractivity contribution is -0.130. The van der Waals surface area contributed by atoms with E-state index < -0.39 is 22.0 Å². The van der Waals surface area contributed by atoms with Crippen LogP contribution in [0.1, 0.15) is 28.6 Å². The number of carbonyl (C=O) groups excluding carboxylic acids is 2. The predicted molar refractivity (Wildman–Crippen MR) is 133 cm³/mol. The number of nitrogens with zero attached hydrogens (tertiary/aromatic N) is 5. The molecule has 1 saturated heterocycles. The van der Waals surface area contributed by atoms with Gasteiger partial charge in [-0.15, -0.1) is 0 Å². The Morgan fingerprint density at radius 3 is 2.78 bits per heavy atom. The minimum atomic E-state index is -3.95. The van der Waals surface area contributed by atoms with Crippen LogP contribution in [0.2, 0.25) is 5.02 Å². The zero-order valence-electron chi connectivity index (χ0n) is 20.3. The number of carbonyl (C=O) groups is 2. The van der Waals surface area contributed by atoms with Gasteiger partial charge in [0.25, 0.3) is 15.9 Å². The number of aromatic nitrogens is 2. The highest BCUT2D eigenvalue weighted by Gasteiger charge is 2.40. The van der Waals surface area contributed by atoms with Gasteiger partial charge in [-0.2, -0.15) is 9.37 Å². The van der Waals surface area contributed by atoms with E-state index >= 15 is 0 Å². The van der Waals surface area contributed by atoms with Crippen LogP contribution in [0.5, 0.6) is 0 Å². The second kappa shape index (κ2) is 9.72. The first-order valence-corrected chi connectivity index (χ1v) is 13.6. The molecule has 0 aliphatic carbocycles. The number of hydrogen-bond donors (Lipinski definition) is 2. The van der Waals surface area contributed by atoms with Crippen molar-refractivity contribution >= 4 is 44.3 Å². The van der Waals surface area contributed by atoms with Gasteiger partial charge < -0.3 is 24.4 Å². The van der Waals surface area contributed by atoms with E-state index in [0.717, 1.165) is 5.06 Å². The minimum absolute atomic E-state index is 0.0103. The molecule has 3 aromatic rings. The van der Waals surface area contributed by atoms with Crippen LogP contribution in [0.15, 0.2) is 33.7 Å². The number of sulfonamides is 1. The Hall–Kier alpha value is -2.97. The normalized spacial score (nSPS) is 19.2. The molecule has 1 fully saturated rings. The first-order chi connectivity index (χ1) is 17.5. The molecular formula is C23H27ClN6O6S. The number of nitrogens with one attached hydrogen (secondary N) is 1. The second-order valence-electron chi connectivity index (χ2n) is 9.40. The molecule has 2 N–H and O–H groups in total. The molecule has 0 spiro atoms. The summed E-state index contributed by atoms with van der Waals surface area (Å²) in [6.45, 7) is 0.508. The fraction of sp³-hybridized carbons (Fsp3) is 0.435.